The van der Waals surface area contributed by atoms with E-state index in [-0.39, 0.29) is 0 Å². The molecule has 0 unspecified atom stereocenters. The Morgan fingerprint density at radius 1 is 1.30 bits per heavy atom. The number of nitriles is 1. The Balaban J connectivity index is 2.33. The van der Waals surface area contributed by atoms with Gasteiger partial charge in [0.15, 0.2) is 11.3 Å². The molecule has 1 aromatic carbocycles. The highest BCUT2D eigenvalue weighted by molar-refractivity contribution is 5.81. The van der Waals surface area contributed by atoms with Crippen LogP contribution in [0.25, 0.3) is 22.4 Å². The standard InChI is InChI=1S/C14H12N4O2/c1-8-16-10(7-15)13(17(8)2)9-4-5-12-11(6-9)18(3)14(19)20-12/h4-6H,1-3H3. The van der Waals surface area contributed by atoms with Gasteiger partial charge in [-0.3, -0.25) is 4.57 Å². The summed E-state index contributed by atoms with van der Waals surface area (Å²) in [5.74, 6) is 0.358. The first-order valence-corrected chi connectivity index (χ1v) is 6.06. The van der Waals surface area contributed by atoms with Crippen molar-refractivity contribution in [3.63, 3.8) is 0 Å². The van der Waals surface area contributed by atoms with Crippen LogP contribution in [0, 0.1) is 18.3 Å². The third-order valence-corrected chi connectivity index (χ3v) is 3.49. The fourth-order valence-corrected chi connectivity index (χ4v) is 2.29. The Labute approximate surface area is 114 Å². The molecule has 100 valence electrons. The van der Waals surface area contributed by atoms with E-state index in [4.69, 9.17) is 4.42 Å². The van der Waals surface area contributed by atoms with Gasteiger partial charge in [-0.05, 0) is 25.1 Å². The van der Waals surface area contributed by atoms with Crippen LogP contribution >= 0.6 is 0 Å². The lowest BCUT2D eigenvalue weighted by atomic mass is 10.1. The zero-order valence-corrected chi connectivity index (χ0v) is 11.3. The molecule has 3 aromatic rings. The summed E-state index contributed by atoms with van der Waals surface area (Å²) in [5.41, 5.74) is 3.15. The van der Waals surface area contributed by atoms with E-state index in [1.807, 2.05) is 30.7 Å². The van der Waals surface area contributed by atoms with E-state index in [0.717, 1.165) is 17.1 Å². The zero-order valence-electron chi connectivity index (χ0n) is 11.3. The van der Waals surface area contributed by atoms with Gasteiger partial charge in [-0.15, -0.1) is 0 Å². The van der Waals surface area contributed by atoms with Gasteiger partial charge >= 0.3 is 5.76 Å². The maximum absolute atomic E-state index is 11.5. The number of imidazole rings is 1. The topological polar surface area (TPSA) is 76.8 Å². The molecule has 6 heteroatoms. The molecular weight excluding hydrogens is 256 g/mol. The van der Waals surface area contributed by atoms with Gasteiger partial charge in [0.05, 0.1) is 11.2 Å². The highest BCUT2D eigenvalue weighted by atomic mass is 16.4. The van der Waals surface area contributed by atoms with E-state index in [2.05, 4.69) is 11.1 Å². The smallest absolute Gasteiger partial charge is 0.408 e. The van der Waals surface area contributed by atoms with Gasteiger partial charge in [-0.2, -0.15) is 5.26 Å². The van der Waals surface area contributed by atoms with Crippen molar-refractivity contribution in [2.45, 2.75) is 6.92 Å². The second-order valence-corrected chi connectivity index (χ2v) is 4.64. The van der Waals surface area contributed by atoms with Crippen molar-refractivity contribution in [2.75, 3.05) is 0 Å². The highest BCUT2D eigenvalue weighted by Gasteiger charge is 2.15. The lowest BCUT2D eigenvalue weighted by molar-refractivity contribution is 0.528. The van der Waals surface area contributed by atoms with Crippen LogP contribution in [0.2, 0.25) is 0 Å². The third kappa shape index (κ3) is 1.57. The molecule has 0 fully saturated rings. The minimum atomic E-state index is -0.404. The third-order valence-electron chi connectivity index (χ3n) is 3.49. The van der Waals surface area contributed by atoms with Crippen LogP contribution in [0.5, 0.6) is 0 Å². The van der Waals surface area contributed by atoms with Gasteiger partial charge in [0.25, 0.3) is 0 Å². The summed E-state index contributed by atoms with van der Waals surface area (Å²) < 4.78 is 8.40. The molecular formula is C14H12N4O2. The summed E-state index contributed by atoms with van der Waals surface area (Å²) in [6.45, 7) is 1.84. The number of fused-ring (bicyclic) bond motifs is 1. The second kappa shape index (κ2) is 4.10. The van der Waals surface area contributed by atoms with Crippen LogP contribution in [0.4, 0.5) is 0 Å². The van der Waals surface area contributed by atoms with Crippen LogP contribution in [-0.2, 0) is 14.1 Å². The summed E-state index contributed by atoms with van der Waals surface area (Å²) in [6.07, 6.45) is 0. The van der Waals surface area contributed by atoms with E-state index in [9.17, 15) is 10.1 Å². The summed E-state index contributed by atoms with van der Waals surface area (Å²) >= 11 is 0. The van der Waals surface area contributed by atoms with Gasteiger partial charge in [0.2, 0.25) is 0 Å². The first-order chi connectivity index (χ1) is 9.52. The molecule has 0 aliphatic carbocycles. The van der Waals surface area contributed by atoms with E-state index in [1.165, 1.54) is 4.57 Å². The van der Waals surface area contributed by atoms with Crippen LogP contribution < -0.4 is 5.76 Å². The van der Waals surface area contributed by atoms with Crippen LogP contribution in [0.15, 0.2) is 27.4 Å². The first-order valence-electron chi connectivity index (χ1n) is 6.06. The molecule has 0 radical (unpaired) electrons. The van der Waals surface area contributed by atoms with Crippen molar-refractivity contribution in [1.82, 2.24) is 14.1 Å². The Morgan fingerprint density at radius 2 is 2.05 bits per heavy atom. The van der Waals surface area contributed by atoms with Crippen molar-refractivity contribution >= 4 is 11.1 Å². The first kappa shape index (κ1) is 12.2. The molecule has 0 amide bonds. The van der Waals surface area contributed by atoms with E-state index < -0.39 is 5.76 Å². The number of hydrogen-bond donors (Lipinski definition) is 0. The summed E-state index contributed by atoms with van der Waals surface area (Å²) in [4.78, 5) is 15.7. The van der Waals surface area contributed by atoms with Crippen molar-refractivity contribution in [2.24, 2.45) is 14.1 Å². The monoisotopic (exact) mass is 268 g/mol. The Hall–Kier alpha value is -2.81. The molecule has 0 spiro atoms. The van der Waals surface area contributed by atoms with Gasteiger partial charge < -0.3 is 8.98 Å². The minimum absolute atomic E-state index is 0.373. The lowest BCUT2D eigenvalue weighted by Crippen LogP contribution is -2.08. The Bertz CT molecular complexity index is 921. The maximum Gasteiger partial charge on any atom is 0.419 e. The molecule has 0 bridgehead atoms. The number of aromatic nitrogens is 3. The van der Waals surface area contributed by atoms with E-state index in [1.54, 1.807) is 13.1 Å². The summed E-state index contributed by atoms with van der Waals surface area (Å²) in [5, 5.41) is 9.19. The number of nitrogens with zero attached hydrogens (tertiary/aromatic N) is 4. The van der Waals surface area contributed by atoms with Crippen LogP contribution in [0.3, 0.4) is 0 Å². The van der Waals surface area contributed by atoms with Crippen LogP contribution in [-0.4, -0.2) is 14.1 Å². The Morgan fingerprint density at radius 3 is 2.75 bits per heavy atom. The van der Waals surface area contributed by atoms with Crippen molar-refractivity contribution in [1.29, 1.82) is 5.26 Å². The van der Waals surface area contributed by atoms with Gasteiger partial charge in [-0.25, -0.2) is 9.78 Å². The second-order valence-electron chi connectivity index (χ2n) is 4.64. The van der Waals surface area contributed by atoms with Crippen molar-refractivity contribution in [3.05, 3.63) is 40.3 Å². The van der Waals surface area contributed by atoms with Gasteiger partial charge in [0, 0.05) is 19.7 Å². The largest absolute Gasteiger partial charge is 0.419 e. The minimum Gasteiger partial charge on any atom is -0.408 e. The predicted octanol–water partition coefficient (Wildman–Crippen LogP) is 1.71. The molecule has 0 saturated heterocycles. The number of benzene rings is 1. The Kier molecular flexibility index (Phi) is 2.51. The maximum atomic E-state index is 11.5. The fraction of sp³-hybridized carbons (Fsp3) is 0.214. The number of hydrogen-bond acceptors (Lipinski definition) is 4. The highest BCUT2D eigenvalue weighted by Crippen LogP contribution is 2.27. The number of aryl methyl sites for hydroxylation is 2. The van der Waals surface area contributed by atoms with Crippen molar-refractivity contribution in [3.8, 4) is 17.3 Å². The molecule has 3 rings (SSSR count). The average molecular weight is 268 g/mol. The fourth-order valence-electron chi connectivity index (χ4n) is 2.29. The molecule has 0 atom stereocenters. The van der Waals surface area contributed by atoms with Gasteiger partial charge in [-0.1, -0.05) is 0 Å². The molecule has 2 heterocycles. The molecule has 6 nitrogen and oxygen atoms in total. The number of rotatable bonds is 1. The summed E-state index contributed by atoms with van der Waals surface area (Å²) in [6, 6.07) is 7.48. The summed E-state index contributed by atoms with van der Waals surface area (Å²) in [7, 11) is 3.51. The molecule has 0 N–H and O–H groups in total. The molecule has 0 aliphatic heterocycles. The van der Waals surface area contributed by atoms with E-state index in [0.29, 0.717) is 16.8 Å². The average Bonchev–Trinajstić information content (AvgIpc) is 2.88. The molecule has 0 saturated carbocycles. The number of oxazole rings is 1. The molecule has 2 aromatic heterocycles. The van der Waals surface area contributed by atoms with Crippen LogP contribution in [0.1, 0.15) is 11.5 Å². The van der Waals surface area contributed by atoms with Crippen molar-refractivity contribution < 1.29 is 4.42 Å². The SMILES string of the molecule is Cc1nc(C#N)c(-c2ccc3oc(=O)n(C)c3c2)n1C. The quantitative estimate of drug-likeness (QED) is 0.673. The van der Waals surface area contributed by atoms with E-state index >= 15 is 0 Å². The molecule has 20 heavy (non-hydrogen) atoms. The lowest BCUT2D eigenvalue weighted by Gasteiger charge is -2.04. The molecule has 0 aliphatic rings. The normalized spacial score (nSPS) is 10.9. The van der Waals surface area contributed by atoms with Gasteiger partial charge in [0.1, 0.15) is 11.9 Å². The predicted molar refractivity (Wildman–Crippen MR) is 73.1 cm³/mol. The zero-order chi connectivity index (χ0) is 14.4.